The van der Waals surface area contributed by atoms with E-state index in [-0.39, 0.29) is 26.9 Å². The van der Waals surface area contributed by atoms with Crippen molar-refractivity contribution >= 4 is 39.8 Å². The van der Waals surface area contributed by atoms with E-state index in [0.29, 0.717) is 11.1 Å². The number of aromatic amines is 1. The summed E-state index contributed by atoms with van der Waals surface area (Å²) in [5, 5.41) is 9.61. The second kappa shape index (κ2) is 6.23. The number of thiophene rings is 1. The second-order valence-electron chi connectivity index (χ2n) is 4.83. The van der Waals surface area contributed by atoms with Crippen LogP contribution in [0.1, 0.15) is 15.2 Å². The van der Waals surface area contributed by atoms with Gasteiger partial charge in [-0.1, -0.05) is 23.7 Å². The molecule has 24 heavy (non-hydrogen) atoms. The number of methoxy groups -OCH3 is 1. The molecule has 9 heteroatoms. The first-order valence-corrected chi connectivity index (χ1v) is 7.93. The molecule has 0 bridgehead atoms. The molecule has 3 aromatic rings. The molecule has 2 aromatic heterocycles. The summed E-state index contributed by atoms with van der Waals surface area (Å²) in [4.78, 5) is 39.5. The summed E-state index contributed by atoms with van der Waals surface area (Å²) in [6, 6.07) is 6.10. The number of benzene rings is 1. The van der Waals surface area contributed by atoms with Crippen LogP contribution in [0.4, 0.5) is 0 Å². The number of nitrogens with zero attached hydrogens (tertiary/aromatic N) is 1. The second-order valence-corrected chi connectivity index (χ2v) is 6.48. The molecule has 2 heterocycles. The first-order chi connectivity index (χ1) is 11.5. The van der Waals surface area contributed by atoms with E-state index < -0.39 is 17.2 Å². The van der Waals surface area contributed by atoms with E-state index in [0.717, 1.165) is 15.9 Å². The van der Waals surface area contributed by atoms with Crippen LogP contribution >= 0.6 is 22.9 Å². The fraction of sp³-hybridized carbons (Fsp3) is 0.133. The summed E-state index contributed by atoms with van der Waals surface area (Å²) < 4.78 is 5.55. The largest absolute Gasteiger partial charge is 0.465 e. The molecule has 0 atom stereocenters. The minimum atomic E-state index is -0.696. The highest BCUT2D eigenvalue weighted by Crippen LogP contribution is 2.30. The third-order valence-electron chi connectivity index (χ3n) is 3.48. The maximum Gasteiger partial charge on any atom is 0.348 e. The van der Waals surface area contributed by atoms with Crippen molar-refractivity contribution in [3.8, 4) is 5.69 Å². The highest BCUT2D eigenvalue weighted by Gasteiger charge is 2.19. The van der Waals surface area contributed by atoms with Crippen molar-refractivity contribution in [2.75, 3.05) is 7.11 Å². The molecule has 1 aromatic carbocycles. The van der Waals surface area contributed by atoms with Crippen LogP contribution in [0.2, 0.25) is 4.34 Å². The number of ether oxygens (including phenoxy) is 1. The average Bonchev–Trinajstić information content (AvgIpc) is 2.95. The Morgan fingerprint density at radius 3 is 2.83 bits per heavy atom. The van der Waals surface area contributed by atoms with E-state index in [1.165, 1.54) is 13.2 Å². The molecule has 0 aliphatic rings. The molecule has 0 aliphatic heterocycles. The molecule has 0 fully saturated rings. The van der Waals surface area contributed by atoms with E-state index >= 15 is 0 Å². The molecule has 0 radical (unpaired) electrons. The summed E-state index contributed by atoms with van der Waals surface area (Å²) in [5.74, 6) is -0.616. The van der Waals surface area contributed by atoms with Gasteiger partial charge in [0.2, 0.25) is 0 Å². The predicted octanol–water partition coefficient (Wildman–Crippen LogP) is 1.67. The lowest BCUT2D eigenvalue weighted by Crippen LogP contribution is -2.34. The summed E-state index contributed by atoms with van der Waals surface area (Å²) in [6.45, 7) is -0.358. The van der Waals surface area contributed by atoms with Crippen LogP contribution in [0.5, 0.6) is 0 Å². The quantitative estimate of drug-likeness (QED) is 0.687. The number of hydrogen-bond donors (Lipinski definition) is 2. The normalized spacial score (nSPS) is 11.0. The maximum atomic E-state index is 12.8. The van der Waals surface area contributed by atoms with Crippen LogP contribution in [-0.2, 0) is 11.3 Å². The van der Waals surface area contributed by atoms with Gasteiger partial charge in [0.1, 0.15) is 9.21 Å². The van der Waals surface area contributed by atoms with Crippen molar-refractivity contribution in [1.82, 2.24) is 9.55 Å². The number of aliphatic hydroxyl groups excluding tert-OH is 1. The maximum absolute atomic E-state index is 12.8. The Morgan fingerprint density at radius 2 is 2.17 bits per heavy atom. The fourth-order valence-electron chi connectivity index (χ4n) is 2.40. The van der Waals surface area contributed by atoms with E-state index in [4.69, 9.17) is 11.6 Å². The summed E-state index contributed by atoms with van der Waals surface area (Å²) in [7, 11) is 1.22. The van der Waals surface area contributed by atoms with Crippen molar-refractivity contribution < 1.29 is 14.6 Å². The Morgan fingerprint density at radius 1 is 1.42 bits per heavy atom. The zero-order valence-corrected chi connectivity index (χ0v) is 13.9. The number of H-pyrrole nitrogens is 1. The third-order valence-corrected chi connectivity index (χ3v) is 4.80. The summed E-state index contributed by atoms with van der Waals surface area (Å²) in [5.41, 5.74) is -0.550. The van der Waals surface area contributed by atoms with Gasteiger partial charge in [0.05, 0.1) is 30.3 Å². The number of nitrogens with one attached hydrogen (secondary N) is 1. The predicted molar refractivity (Wildman–Crippen MR) is 90.3 cm³/mol. The van der Waals surface area contributed by atoms with Gasteiger partial charge in [-0.25, -0.2) is 14.2 Å². The van der Waals surface area contributed by atoms with Gasteiger partial charge in [0, 0.05) is 0 Å². The first-order valence-electron chi connectivity index (χ1n) is 6.73. The van der Waals surface area contributed by atoms with Crippen LogP contribution < -0.4 is 11.2 Å². The number of hydrogen-bond acceptors (Lipinski definition) is 6. The molecule has 7 nitrogen and oxygen atoms in total. The molecular formula is C15H11ClN2O5S. The number of halogens is 1. The minimum Gasteiger partial charge on any atom is -0.465 e. The van der Waals surface area contributed by atoms with Crippen molar-refractivity contribution in [1.29, 1.82) is 0 Å². The Hall–Kier alpha value is -2.42. The summed E-state index contributed by atoms with van der Waals surface area (Å²) in [6.07, 6.45) is 0. The molecule has 0 spiro atoms. The lowest BCUT2D eigenvalue weighted by atomic mass is 10.1. The van der Waals surface area contributed by atoms with Gasteiger partial charge in [0.25, 0.3) is 5.56 Å². The number of aliphatic hydroxyl groups is 1. The van der Waals surface area contributed by atoms with Crippen molar-refractivity contribution in [2.45, 2.75) is 6.61 Å². The van der Waals surface area contributed by atoms with Crippen LogP contribution in [0.15, 0.2) is 33.9 Å². The van der Waals surface area contributed by atoms with Crippen LogP contribution in [0.3, 0.4) is 0 Å². The Kier molecular flexibility index (Phi) is 4.27. The van der Waals surface area contributed by atoms with Gasteiger partial charge in [-0.2, -0.15) is 0 Å². The molecule has 0 saturated carbocycles. The molecule has 0 saturated heterocycles. The van der Waals surface area contributed by atoms with Crippen LogP contribution in [0.25, 0.3) is 16.6 Å². The zero-order chi connectivity index (χ0) is 17.4. The van der Waals surface area contributed by atoms with E-state index in [2.05, 4.69) is 9.72 Å². The van der Waals surface area contributed by atoms with E-state index in [1.54, 1.807) is 18.2 Å². The van der Waals surface area contributed by atoms with Gasteiger partial charge in [-0.3, -0.25) is 4.79 Å². The highest BCUT2D eigenvalue weighted by atomic mass is 35.5. The number of aromatic nitrogens is 2. The first kappa shape index (κ1) is 16.4. The van der Waals surface area contributed by atoms with Gasteiger partial charge in [-0.05, 0) is 17.7 Å². The standard InChI is InChI=1S/C15H11ClN2O5S/c1-23-14(21)10-5-9(12(16)24-10)18-13(20)11-7(6-19)3-2-4-8(11)17-15(18)22/h2-5,19H,6H2,1H3,(H,17,22). The Bertz CT molecular complexity index is 1070. The fourth-order valence-corrected chi connectivity index (χ4v) is 3.57. The highest BCUT2D eigenvalue weighted by molar-refractivity contribution is 7.18. The molecule has 0 amide bonds. The monoisotopic (exact) mass is 366 g/mol. The van der Waals surface area contributed by atoms with Gasteiger partial charge >= 0.3 is 11.7 Å². The molecule has 0 aliphatic carbocycles. The van der Waals surface area contributed by atoms with E-state index in [1.807, 2.05) is 0 Å². The number of esters is 1. The molecule has 124 valence electrons. The molecular weight excluding hydrogens is 356 g/mol. The number of rotatable bonds is 3. The smallest absolute Gasteiger partial charge is 0.348 e. The van der Waals surface area contributed by atoms with Gasteiger partial charge in [0.15, 0.2) is 0 Å². The lowest BCUT2D eigenvalue weighted by molar-refractivity contribution is 0.0606. The molecule has 3 rings (SSSR count). The third kappa shape index (κ3) is 2.54. The number of carbonyl (C=O) groups is 1. The number of carbonyl (C=O) groups excluding carboxylic acids is 1. The molecule has 0 unspecified atom stereocenters. The van der Waals surface area contributed by atoms with Crippen LogP contribution in [0, 0.1) is 0 Å². The van der Waals surface area contributed by atoms with Crippen molar-refractivity contribution in [3.05, 3.63) is 59.9 Å². The van der Waals surface area contributed by atoms with Crippen molar-refractivity contribution in [2.24, 2.45) is 0 Å². The zero-order valence-electron chi connectivity index (χ0n) is 12.3. The Balaban J connectivity index is 2.36. The average molecular weight is 367 g/mol. The Labute approximate surface area is 143 Å². The summed E-state index contributed by atoms with van der Waals surface area (Å²) >= 11 is 7.00. The van der Waals surface area contributed by atoms with Crippen LogP contribution in [-0.4, -0.2) is 27.7 Å². The molecule has 2 N–H and O–H groups in total. The van der Waals surface area contributed by atoms with Gasteiger partial charge < -0.3 is 14.8 Å². The topological polar surface area (TPSA) is 101 Å². The minimum absolute atomic E-state index is 0.0861. The lowest BCUT2D eigenvalue weighted by Gasteiger charge is -2.07. The number of fused-ring (bicyclic) bond motifs is 1. The van der Waals surface area contributed by atoms with Gasteiger partial charge in [-0.15, -0.1) is 11.3 Å². The van der Waals surface area contributed by atoms with E-state index in [9.17, 15) is 19.5 Å². The SMILES string of the molecule is COC(=O)c1cc(-n2c(=O)[nH]c3cccc(CO)c3c2=O)c(Cl)s1. The van der Waals surface area contributed by atoms with Crippen molar-refractivity contribution in [3.63, 3.8) is 0 Å².